The van der Waals surface area contributed by atoms with Crippen LogP contribution in [-0.2, 0) is 9.47 Å². The second-order valence-corrected chi connectivity index (χ2v) is 12.8. The van der Waals surface area contributed by atoms with Gasteiger partial charge in [-0.1, -0.05) is 54.6 Å². The van der Waals surface area contributed by atoms with Crippen molar-refractivity contribution in [2.45, 2.75) is 50.8 Å². The minimum Gasteiger partial charge on any atom is -0.449 e. The number of hydrogen-bond acceptors (Lipinski definition) is 6. The van der Waals surface area contributed by atoms with E-state index in [9.17, 15) is 19.2 Å². The van der Waals surface area contributed by atoms with Crippen LogP contribution in [0.3, 0.4) is 0 Å². The second-order valence-electron chi connectivity index (χ2n) is 12.8. The molecule has 1 aliphatic heterocycles. The van der Waals surface area contributed by atoms with Crippen molar-refractivity contribution in [1.29, 1.82) is 0 Å². The maximum Gasteiger partial charge on any atom is 0.410 e. The van der Waals surface area contributed by atoms with Crippen LogP contribution in [0.25, 0.3) is 16.8 Å². The number of aromatic nitrogens is 1. The highest BCUT2D eigenvalue weighted by Crippen LogP contribution is 2.44. The first-order valence-corrected chi connectivity index (χ1v) is 15.8. The maximum absolute atomic E-state index is 13.4. The third-order valence-electron chi connectivity index (χ3n) is 8.46. The molecular formula is C37H38N4O6. The van der Waals surface area contributed by atoms with Gasteiger partial charge in [-0.15, -0.1) is 0 Å². The van der Waals surface area contributed by atoms with E-state index in [0.29, 0.717) is 24.2 Å². The second kappa shape index (κ2) is 13.2. The summed E-state index contributed by atoms with van der Waals surface area (Å²) in [5.74, 6) is -0.449. The first kappa shape index (κ1) is 31.6. The van der Waals surface area contributed by atoms with E-state index < -0.39 is 29.9 Å². The molecule has 2 N–H and O–H groups in total. The van der Waals surface area contributed by atoms with Gasteiger partial charge in [-0.3, -0.25) is 14.2 Å². The molecule has 2 heterocycles. The summed E-state index contributed by atoms with van der Waals surface area (Å²) >= 11 is 0. The lowest BCUT2D eigenvalue weighted by molar-refractivity contribution is 0.0159. The monoisotopic (exact) mass is 634 g/mol. The number of carbonyl (C=O) groups excluding carboxylic acids is 3. The van der Waals surface area contributed by atoms with Crippen LogP contribution in [0.4, 0.5) is 9.59 Å². The van der Waals surface area contributed by atoms with Gasteiger partial charge < -0.3 is 25.0 Å². The van der Waals surface area contributed by atoms with Gasteiger partial charge in [0.25, 0.3) is 11.5 Å². The van der Waals surface area contributed by atoms with Gasteiger partial charge in [-0.2, -0.15) is 0 Å². The van der Waals surface area contributed by atoms with Crippen molar-refractivity contribution in [1.82, 2.24) is 20.1 Å². The van der Waals surface area contributed by atoms with Gasteiger partial charge in [0, 0.05) is 42.5 Å². The van der Waals surface area contributed by atoms with E-state index in [0.717, 1.165) is 22.3 Å². The first-order chi connectivity index (χ1) is 22.6. The molecule has 3 aromatic carbocycles. The molecule has 1 saturated heterocycles. The van der Waals surface area contributed by atoms with Crippen LogP contribution in [0.2, 0.25) is 0 Å². The fourth-order valence-electron chi connectivity index (χ4n) is 6.22. The molecule has 3 amide bonds. The molecule has 0 bridgehead atoms. The van der Waals surface area contributed by atoms with Crippen molar-refractivity contribution >= 4 is 18.1 Å². The molecule has 6 rings (SSSR count). The Morgan fingerprint density at radius 1 is 0.809 bits per heavy atom. The zero-order chi connectivity index (χ0) is 33.1. The number of likely N-dealkylation sites (tertiary alicyclic amines) is 1. The average Bonchev–Trinajstić information content (AvgIpc) is 3.37. The average molecular weight is 635 g/mol. The lowest BCUT2D eigenvalue weighted by Crippen LogP contribution is -2.61. The van der Waals surface area contributed by atoms with Crippen LogP contribution in [0, 0.1) is 0 Å². The number of alkyl carbamates (subject to hydrolysis) is 1. The number of ether oxygens (including phenoxy) is 2. The SMILES string of the molecule is CC(C)(C)OC(=O)N1CC[C@@H](NC(=O)c2ccc(-n3ccccc3=O)cc2)[C@@H](NC(=O)OCC2c3ccccc3-c3ccccc32)C1. The number of fused-ring (bicyclic) bond motifs is 3. The van der Waals surface area contributed by atoms with Gasteiger partial charge in [-0.25, -0.2) is 9.59 Å². The fraction of sp³-hybridized carbons (Fsp3) is 0.297. The normalized spacial score (nSPS) is 17.3. The van der Waals surface area contributed by atoms with E-state index in [1.54, 1.807) is 63.4 Å². The molecule has 1 aliphatic carbocycles. The van der Waals surface area contributed by atoms with Gasteiger partial charge in [0.05, 0.1) is 12.1 Å². The number of carbonyl (C=O) groups is 3. The number of amides is 3. The molecular weight excluding hydrogens is 596 g/mol. The molecule has 0 spiro atoms. The van der Waals surface area contributed by atoms with Gasteiger partial charge in [-0.05, 0) is 79.8 Å². The topological polar surface area (TPSA) is 119 Å². The smallest absolute Gasteiger partial charge is 0.410 e. The third kappa shape index (κ3) is 7.06. The Morgan fingerprint density at radius 2 is 1.45 bits per heavy atom. The van der Waals surface area contributed by atoms with E-state index in [4.69, 9.17) is 9.47 Å². The summed E-state index contributed by atoms with van der Waals surface area (Å²) in [6.45, 7) is 5.98. The van der Waals surface area contributed by atoms with E-state index >= 15 is 0 Å². The van der Waals surface area contributed by atoms with Gasteiger partial charge in [0.15, 0.2) is 0 Å². The Hall–Kier alpha value is -5.38. The number of nitrogens with one attached hydrogen (secondary N) is 2. The van der Waals surface area contributed by atoms with Crippen LogP contribution >= 0.6 is 0 Å². The maximum atomic E-state index is 13.4. The molecule has 0 unspecified atom stereocenters. The van der Waals surface area contributed by atoms with Crippen molar-refractivity contribution in [3.8, 4) is 16.8 Å². The molecule has 0 saturated carbocycles. The highest BCUT2D eigenvalue weighted by molar-refractivity contribution is 5.94. The van der Waals surface area contributed by atoms with E-state index in [1.807, 2.05) is 24.3 Å². The van der Waals surface area contributed by atoms with Gasteiger partial charge in [0.2, 0.25) is 0 Å². The van der Waals surface area contributed by atoms with Crippen LogP contribution in [0.15, 0.2) is 102 Å². The zero-order valence-corrected chi connectivity index (χ0v) is 26.6. The molecule has 0 radical (unpaired) electrons. The van der Waals surface area contributed by atoms with Crippen LogP contribution in [0.1, 0.15) is 54.6 Å². The standard InChI is InChI=1S/C37H38N4O6/c1-37(2,3)47-36(45)40-21-19-31(38-34(43)24-15-17-25(18-16-24)41-20-9-8-14-33(41)42)32(22-40)39-35(44)46-23-30-28-12-6-4-10-26(28)27-11-5-7-13-29(27)30/h4-18,20,30-32H,19,21-23H2,1-3H3,(H,38,43)(H,39,44)/t31-,32+/m1/s1. The highest BCUT2D eigenvalue weighted by Gasteiger charge is 2.36. The first-order valence-electron chi connectivity index (χ1n) is 15.8. The fourth-order valence-corrected chi connectivity index (χ4v) is 6.22. The number of piperidine rings is 1. The predicted octanol–water partition coefficient (Wildman–Crippen LogP) is 5.48. The van der Waals surface area contributed by atoms with E-state index in [1.165, 1.54) is 15.5 Å². The Balaban J connectivity index is 1.15. The van der Waals surface area contributed by atoms with E-state index in [2.05, 4.69) is 34.9 Å². The number of nitrogens with zero attached hydrogens (tertiary/aromatic N) is 2. The number of rotatable bonds is 6. The molecule has 10 heteroatoms. The summed E-state index contributed by atoms with van der Waals surface area (Å²) in [6.07, 6.45) is 0.917. The summed E-state index contributed by atoms with van der Waals surface area (Å²) in [5, 5.41) is 5.95. The summed E-state index contributed by atoms with van der Waals surface area (Å²) in [4.78, 5) is 53.4. The highest BCUT2D eigenvalue weighted by atomic mass is 16.6. The van der Waals surface area contributed by atoms with Crippen LogP contribution in [-0.4, -0.2) is 64.9 Å². The van der Waals surface area contributed by atoms with Crippen molar-refractivity contribution < 1.29 is 23.9 Å². The molecule has 1 aromatic heterocycles. The summed E-state index contributed by atoms with van der Waals surface area (Å²) in [6, 6.07) is 26.7. The van der Waals surface area contributed by atoms with Crippen LogP contribution in [0.5, 0.6) is 0 Å². The largest absolute Gasteiger partial charge is 0.449 e. The van der Waals surface area contributed by atoms with Crippen molar-refractivity contribution in [3.63, 3.8) is 0 Å². The lowest BCUT2D eigenvalue weighted by atomic mass is 9.98. The van der Waals surface area contributed by atoms with Gasteiger partial charge in [0.1, 0.15) is 12.2 Å². The number of benzene rings is 3. The molecule has 2 aliphatic rings. The molecule has 4 aromatic rings. The quantitative estimate of drug-likeness (QED) is 0.290. The Kier molecular flexibility index (Phi) is 8.84. The lowest BCUT2D eigenvalue weighted by Gasteiger charge is -2.39. The van der Waals surface area contributed by atoms with Crippen molar-refractivity contribution in [3.05, 3.63) is 124 Å². The third-order valence-corrected chi connectivity index (χ3v) is 8.46. The number of hydrogen-bond donors (Lipinski definition) is 2. The Morgan fingerprint density at radius 3 is 2.09 bits per heavy atom. The van der Waals surface area contributed by atoms with E-state index in [-0.39, 0.29) is 30.5 Å². The van der Waals surface area contributed by atoms with Crippen molar-refractivity contribution in [2.24, 2.45) is 0 Å². The minimum atomic E-state index is -0.686. The summed E-state index contributed by atoms with van der Waals surface area (Å²) < 4.78 is 12.9. The molecule has 10 nitrogen and oxygen atoms in total. The molecule has 2 atom stereocenters. The molecule has 47 heavy (non-hydrogen) atoms. The molecule has 242 valence electrons. The number of pyridine rings is 1. The Labute approximate surface area is 273 Å². The summed E-state index contributed by atoms with van der Waals surface area (Å²) in [5.41, 5.74) is 4.62. The van der Waals surface area contributed by atoms with Crippen molar-refractivity contribution in [2.75, 3.05) is 19.7 Å². The zero-order valence-electron chi connectivity index (χ0n) is 26.6. The predicted molar refractivity (Wildman–Crippen MR) is 178 cm³/mol. The Bertz CT molecular complexity index is 1800. The van der Waals surface area contributed by atoms with Crippen LogP contribution < -0.4 is 16.2 Å². The van der Waals surface area contributed by atoms with Gasteiger partial charge >= 0.3 is 12.2 Å². The molecule has 1 fully saturated rings. The minimum absolute atomic E-state index is 0.108. The summed E-state index contributed by atoms with van der Waals surface area (Å²) in [7, 11) is 0.